The van der Waals surface area contributed by atoms with E-state index in [0.717, 1.165) is 18.7 Å². The smallest absolute Gasteiger partial charge is 0.339 e. The number of methoxy groups -OCH3 is 1. The van der Waals surface area contributed by atoms with Crippen molar-refractivity contribution in [3.05, 3.63) is 29.3 Å². The van der Waals surface area contributed by atoms with Gasteiger partial charge in [0.25, 0.3) is 0 Å². The van der Waals surface area contributed by atoms with Gasteiger partial charge in [-0.3, -0.25) is 4.90 Å². The maximum absolute atomic E-state index is 11.2. The van der Waals surface area contributed by atoms with Crippen LogP contribution in [0.1, 0.15) is 48.5 Å². The Bertz CT molecular complexity index is 469. The van der Waals surface area contributed by atoms with E-state index < -0.39 is 5.97 Å². The van der Waals surface area contributed by atoms with Gasteiger partial charge in [-0.2, -0.15) is 0 Å². The first-order valence-corrected chi connectivity index (χ1v) is 7.30. The molecule has 2 rings (SSSR count). The highest BCUT2D eigenvalue weighted by Gasteiger charge is 2.28. The van der Waals surface area contributed by atoms with Crippen LogP contribution in [0.4, 0.5) is 0 Å². The van der Waals surface area contributed by atoms with Crippen molar-refractivity contribution >= 4 is 5.97 Å². The molecule has 0 radical (unpaired) electrons. The predicted molar refractivity (Wildman–Crippen MR) is 78.3 cm³/mol. The van der Waals surface area contributed by atoms with Crippen LogP contribution in [0, 0.1) is 0 Å². The van der Waals surface area contributed by atoms with Gasteiger partial charge in [0.05, 0.1) is 7.11 Å². The molecule has 0 saturated heterocycles. The van der Waals surface area contributed by atoms with Gasteiger partial charge in [0.15, 0.2) is 0 Å². The summed E-state index contributed by atoms with van der Waals surface area (Å²) >= 11 is 0. The first-order chi connectivity index (χ1) is 9.65. The Kier molecular flexibility index (Phi) is 5.01. The molecule has 0 aromatic heterocycles. The average molecular weight is 277 g/mol. The average Bonchev–Trinajstić information content (AvgIpc) is 3.27. The number of carboxylic acids is 1. The molecule has 1 aliphatic rings. The van der Waals surface area contributed by atoms with Gasteiger partial charge in [-0.25, -0.2) is 4.79 Å². The Hall–Kier alpha value is -1.55. The lowest BCUT2D eigenvalue weighted by molar-refractivity contribution is 0.0693. The molecule has 0 bridgehead atoms. The molecule has 1 fully saturated rings. The lowest BCUT2D eigenvalue weighted by Crippen LogP contribution is -2.26. The zero-order valence-electron chi connectivity index (χ0n) is 12.3. The highest BCUT2D eigenvalue weighted by molar-refractivity contribution is 5.91. The van der Waals surface area contributed by atoms with Crippen LogP contribution in [0.2, 0.25) is 0 Å². The van der Waals surface area contributed by atoms with E-state index in [1.54, 1.807) is 12.1 Å². The summed E-state index contributed by atoms with van der Waals surface area (Å²) < 4.78 is 5.10. The highest BCUT2D eigenvalue weighted by atomic mass is 16.5. The number of unbranched alkanes of at least 4 members (excludes halogenated alkanes) is 1. The minimum atomic E-state index is -0.935. The number of aromatic carboxylic acids is 1. The van der Waals surface area contributed by atoms with Gasteiger partial charge in [-0.1, -0.05) is 19.4 Å². The van der Waals surface area contributed by atoms with Crippen LogP contribution in [0.15, 0.2) is 18.2 Å². The van der Waals surface area contributed by atoms with Gasteiger partial charge in [0.1, 0.15) is 11.3 Å². The van der Waals surface area contributed by atoms with Gasteiger partial charge in [0, 0.05) is 12.6 Å². The fourth-order valence-electron chi connectivity index (χ4n) is 2.45. The van der Waals surface area contributed by atoms with Crippen molar-refractivity contribution in [3.8, 4) is 5.75 Å². The van der Waals surface area contributed by atoms with Crippen LogP contribution in [-0.2, 0) is 6.54 Å². The van der Waals surface area contributed by atoms with Crippen LogP contribution in [0.3, 0.4) is 0 Å². The fourth-order valence-corrected chi connectivity index (χ4v) is 2.45. The quantitative estimate of drug-likeness (QED) is 0.793. The molecule has 1 saturated carbocycles. The Morgan fingerprint density at radius 2 is 2.20 bits per heavy atom. The summed E-state index contributed by atoms with van der Waals surface area (Å²) in [7, 11) is 1.50. The van der Waals surface area contributed by atoms with E-state index in [1.165, 1.54) is 32.8 Å². The van der Waals surface area contributed by atoms with Crippen LogP contribution in [-0.4, -0.2) is 35.7 Å². The van der Waals surface area contributed by atoms with Crippen LogP contribution in [0.25, 0.3) is 0 Å². The second-order valence-electron chi connectivity index (χ2n) is 5.39. The fraction of sp³-hybridized carbons (Fsp3) is 0.562. The van der Waals surface area contributed by atoms with Crippen molar-refractivity contribution in [3.63, 3.8) is 0 Å². The molecule has 0 aliphatic heterocycles. The van der Waals surface area contributed by atoms with Crippen molar-refractivity contribution in [2.75, 3.05) is 13.7 Å². The van der Waals surface area contributed by atoms with E-state index in [0.29, 0.717) is 11.8 Å². The van der Waals surface area contributed by atoms with E-state index in [1.807, 2.05) is 6.07 Å². The Morgan fingerprint density at radius 3 is 2.75 bits per heavy atom. The topological polar surface area (TPSA) is 49.8 Å². The number of nitrogens with zero attached hydrogens (tertiary/aromatic N) is 1. The molecular weight excluding hydrogens is 254 g/mol. The molecular formula is C16H23NO3. The summed E-state index contributed by atoms with van der Waals surface area (Å²) in [6.45, 7) is 4.12. The van der Waals surface area contributed by atoms with Gasteiger partial charge >= 0.3 is 5.97 Å². The van der Waals surface area contributed by atoms with Crippen molar-refractivity contribution in [1.29, 1.82) is 0 Å². The molecule has 1 aromatic rings. The van der Waals surface area contributed by atoms with E-state index in [4.69, 9.17) is 4.74 Å². The van der Waals surface area contributed by atoms with Gasteiger partial charge in [0.2, 0.25) is 0 Å². The van der Waals surface area contributed by atoms with Crippen molar-refractivity contribution in [1.82, 2.24) is 4.90 Å². The zero-order valence-corrected chi connectivity index (χ0v) is 12.3. The Labute approximate surface area is 120 Å². The van der Waals surface area contributed by atoms with E-state index in [2.05, 4.69) is 11.8 Å². The molecule has 1 aliphatic carbocycles. The number of hydrogen-bond acceptors (Lipinski definition) is 3. The summed E-state index contributed by atoms with van der Waals surface area (Å²) in [6.07, 6.45) is 4.92. The first kappa shape index (κ1) is 14.9. The maximum Gasteiger partial charge on any atom is 0.339 e. The second kappa shape index (κ2) is 6.75. The number of carboxylic acid groups (broad SMARTS) is 1. The minimum absolute atomic E-state index is 0.247. The van der Waals surface area contributed by atoms with Gasteiger partial charge < -0.3 is 9.84 Å². The zero-order chi connectivity index (χ0) is 14.5. The summed E-state index contributed by atoms with van der Waals surface area (Å²) in [4.78, 5) is 13.7. The number of hydrogen-bond donors (Lipinski definition) is 1. The number of carbonyl (C=O) groups is 1. The predicted octanol–water partition coefficient (Wildman–Crippen LogP) is 3.16. The Morgan fingerprint density at radius 1 is 1.45 bits per heavy atom. The summed E-state index contributed by atoms with van der Waals surface area (Å²) in [5, 5.41) is 9.22. The standard InChI is InChI=1S/C16H23NO3/c1-3-4-9-17(13-6-7-13)11-12-5-8-15(20-2)14(10-12)16(18)19/h5,8,10,13H,3-4,6-7,9,11H2,1-2H3,(H,18,19). The molecule has 4 heteroatoms. The molecule has 1 N–H and O–H groups in total. The molecule has 4 nitrogen and oxygen atoms in total. The largest absolute Gasteiger partial charge is 0.496 e. The lowest BCUT2D eigenvalue weighted by atomic mass is 10.1. The molecule has 0 heterocycles. The third-order valence-corrected chi connectivity index (χ3v) is 3.74. The monoisotopic (exact) mass is 277 g/mol. The van der Waals surface area contributed by atoms with Crippen LogP contribution < -0.4 is 4.74 Å². The third kappa shape index (κ3) is 3.73. The third-order valence-electron chi connectivity index (χ3n) is 3.74. The molecule has 20 heavy (non-hydrogen) atoms. The summed E-state index contributed by atoms with van der Waals surface area (Å²) in [5.41, 5.74) is 1.29. The molecule has 1 aromatic carbocycles. The highest BCUT2D eigenvalue weighted by Crippen LogP contribution is 2.29. The van der Waals surface area contributed by atoms with E-state index >= 15 is 0 Å². The first-order valence-electron chi connectivity index (χ1n) is 7.30. The number of rotatable bonds is 8. The minimum Gasteiger partial charge on any atom is -0.496 e. The SMILES string of the molecule is CCCCN(Cc1ccc(OC)c(C(=O)O)c1)C1CC1. The summed E-state index contributed by atoms with van der Waals surface area (Å²) in [5.74, 6) is -0.511. The van der Waals surface area contributed by atoms with Crippen molar-refractivity contribution in [2.24, 2.45) is 0 Å². The molecule has 0 atom stereocenters. The maximum atomic E-state index is 11.2. The molecule has 0 unspecified atom stereocenters. The van der Waals surface area contributed by atoms with E-state index in [-0.39, 0.29) is 5.56 Å². The normalized spacial score (nSPS) is 14.6. The van der Waals surface area contributed by atoms with Crippen molar-refractivity contribution < 1.29 is 14.6 Å². The Balaban J connectivity index is 2.11. The van der Waals surface area contributed by atoms with Gasteiger partial charge in [-0.05, 0) is 43.5 Å². The van der Waals surface area contributed by atoms with Crippen molar-refractivity contribution in [2.45, 2.75) is 45.2 Å². The molecule has 110 valence electrons. The molecule has 0 amide bonds. The number of ether oxygens (including phenoxy) is 1. The lowest BCUT2D eigenvalue weighted by Gasteiger charge is -2.22. The van der Waals surface area contributed by atoms with E-state index in [9.17, 15) is 9.90 Å². The van der Waals surface area contributed by atoms with Crippen LogP contribution >= 0.6 is 0 Å². The molecule has 0 spiro atoms. The van der Waals surface area contributed by atoms with Gasteiger partial charge in [-0.15, -0.1) is 0 Å². The second-order valence-corrected chi connectivity index (χ2v) is 5.39. The summed E-state index contributed by atoms with van der Waals surface area (Å²) in [6, 6.07) is 6.15. The van der Waals surface area contributed by atoms with Crippen LogP contribution in [0.5, 0.6) is 5.75 Å². The number of benzene rings is 1.